The molecular formula is C18H25N3O3. The monoisotopic (exact) mass is 331 g/mol. The molecule has 0 radical (unpaired) electrons. The van der Waals surface area contributed by atoms with Gasteiger partial charge >= 0.3 is 0 Å². The van der Waals surface area contributed by atoms with Crippen molar-refractivity contribution in [1.82, 2.24) is 15.2 Å². The first-order chi connectivity index (χ1) is 11.2. The normalized spacial score (nSPS) is 11.4. The number of nitrogens with zero attached hydrogens (tertiary/aromatic N) is 1. The Kier molecular flexibility index (Phi) is 5.17. The number of rotatable bonds is 5. The highest BCUT2D eigenvalue weighted by atomic mass is 16.5. The summed E-state index contributed by atoms with van der Waals surface area (Å²) in [5, 5.41) is 3.80. The van der Waals surface area contributed by atoms with Gasteiger partial charge in [0.2, 0.25) is 5.91 Å². The first-order valence-corrected chi connectivity index (χ1v) is 8.00. The number of amides is 2. The standard InChI is InChI=1S/C18H25N3O3/c1-6-21(11-16(22)20-18(2,3)4)17(23)15-9-12-7-8-13(24-5)10-14(12)19-15/h7-10,19H,6,11H2,1-5H3,(H,20,22). The van der Waals surface area contributed by atoms with Crippen LogP contribution < -0.4 is 10.1 Å². The first-order valence-electron chi connectivity index (χ1n) is 8.00. The predicted molar refractivity (Wildman–Crippen MR) is 94.3 cm³/mol. The van der Waals surface area contributed by atoms with Crippen molar-refractivity contribution in [3.8, 4) is 5.75 Å². The van der Waals surface area contributed by atoms with Crippen molar-refractivity contribution < 1.29 is 14.3 Å². The summed E-state index contributed by atoms with van der Waals surface area (Å²) in [7, 11) is 1.60. The van der Waals surface area contributed by atoms with Gasteiger partial charge in [-0.2, -0.15) is 0 Å². The van der Waals surface area contributed by atoms with E-state index in [-0.39, 0.29) is 23.9 Å². The number of ether oxygens (including phenoxy) is 1. The third-order valence-electron chi connectivity index (χ3n) is 3.58. The second kappa shape index (κ2) is 6.95. The van der Waals surface area contributed by atoms with Gasteiger partial charge < -0.3 is 19.9 Å². The van der Waals surface area contributed by atoms with Crippen LogP contribution in [0.15, 0.2) is 24.3 Å². The highest BCUT2D eigenvalue weighted by molar-refractivity contribution is 5.99. The van der Waals surface area contributed by atoms with Crippen LogP contribution in [0.3, 0.4) is 0 Å². The molecule has 1 heterocycles. The van der Waals surface area contributed by atoms with Crippen LogP contribution in [-0.4, -0.2) is 47.4 Å². The zero-order chi connectivity index (χ0) is 17.9. The molecule has 0 aliphatic carbocycles. The Bertz CT molecular complexity index is 744. The van der Waals surface area contributed by atoms with Crippen LogP contribution in [0.4, 0.5) is 0 Å². The summed E-state index contributed by atoms with van der Waals surface area (Å²) in [6.07, 6.45) is 0. The van der Waals surface area contributed by atoms with Gasteiger partial charge in [0.25, 0.3) is 5.91 Å². The minimum absolute atomic E-state index is 0.0330. The number of fused-ring (bicyclic) bond motifs is 1. The number of methoxy groups -OCH3 is 1. The molecule has 0 spiro atoms. The average Bonchev–Trinajstić information content (AvgIpc) is 2.93. The maximum absolute atomic E-state index is 12.7. The number of nitrogens with one attached hydrogen (secondary N) is 2. The molecule has 0 saturated heterocycles. The van der Waals surface area contributed by atoms with Gasteiger partial charge in [0.05, 0.1) is 13.7 Å². The molecule has 2 rings (SSSR count). The quantitative estimate of drug-likeness (QED) is 0.884. The number of hydrogen-bond donors (Lipinski definition) is 2. The number of hydrogen-bond acceptors (Lipinski definition) is 3. The molecule has 1 aromatic carbocycles. The highest BCUT2D eigenvalue weighted by Gasteiger charge is 2.21. The molecule has 2 aromatic rings. The van der Waals surface area contributed by atoms with Crippen LogP contribution in [0.25, 0.3) is 10.9 Å². The van der Waals surface area contributed by atoms with Gasteiger partial charge in [-0.15, -0.1) is 0 Å². The number of benzene rings is 1. The van der Waals surface area contributed by atoms with E-state index in [0.29, 0.717) is 12.2 Å². The van der Waals surface area contributed by atoms with Crippen LogP contribution in [0.2, 0.25) is 0 Å². The van der Waals surface area contributed by atoms with Crippen LogP contribution >= 0.6 is 0 Å². The summed E-state index contributed by atoms with van der Waals surface area (Å²) in [5.74, 6) is 0.354. The third kappa shape index (κ3) is 4.28. The number of H-pyrrole nitrogens is 1. The second-order valence-electron chi connectivity index (χ2n) is 6.75. The lowest BCUT2D eigenvalue weighted by Crippen LogP contribution is -2.47. The summed E-state index contributed by atoms with van der Waals surface area (Å²) >= 11 is 0. The smallest absolute Gasteiger partial charge is 0.270 e. The maximum atomic E-state index is 12.7. The third-order valence-corrected chi connectivity index (χ3v) is 3.58. The molecule has 2 amide bonds. The molecule has 0 saturated carbocycles. The predicted octanol–water partition coefficient (Wildman–Crippen LogP) is 2.55. The highest BCUT2D eigenvalue weighted by Crippen LogP contribution is 2.22. The lowest BCUT2D eigenvalue weighted by molar-refractivity contribution is -0.123. The molecule has 24 heavy (non-hydrogen) atoms. The fraction of sp³-hybridized carbons (Fsp3) is 0.444. The van der Waals surface area contributed by atoms with Crippen molar-refractivity contribution in [2.45, 2.75) is 33.2 Å². The average molecular weight is 331 g/mol. The zero-order valence-corrected chi connectivity index (χ0v) is 14.9. The van der Waals surface area contributed by atoms with Crippen molar-refractivity contribution in [3.05, 3.63) is 30.0 Å². The Labute approximate surface area is 142 Å². The molecule has 2 N–H and O–H groups in total. The second-order valence-corrected chi connectivity index (χ2v) is 6.75. The van der Waals surface area contributed by atoms with Gasteiger partial charge in [0, 0.05) is 29.1 Å². The Hall–Kier alpha value is -2.50. The maximum Gasteiger partial charge on any atom is 0.270 e. The lowest BCUT2D eigenvalue weighted by Gasteiger charge is -2.24. The van der Waals surface area contributed by atoms with Crippen molar-refractivity contribution in [1.29, 1.82) is 0 Å². The minimum atomic E-state index is -0.322. The van der Waals surface area contributed by atoms with E-state index in [1.807, 2.05) is 45.9 Å². The number of likely N-dealkylation sites (N-methyl/N-ethyl adjacent to an activating group) is 1. The summed E-state index contributed by atoms with van der Waals surface area (Å²) in [6, 6.07) is 7.37. The summed E-state index contributed by atoms with van der Waals surface area (Å²) in [6.45, 7) is 8.07. The van der Waals surface area contributed by atoms with E-state index >= 15 is 0 Å². The Balaban J connectivity index is 2.17. The lowest BCUT2D eigenvalue weighted by atomic mass is 10.1. The SMILES string of the molecule is CCN(CC(=O)NC(C)(C)C)C(=O)c1cc2ccc(OC)cc2[nH]1. The topological polar surface area (TPSA) is 74.4 Å². The van der Waals surface area contributed by atoms with Crippen molar-refractivity contribution in [2.75, 3.05) is 20.2 Å². The zero-order valence-electron chi connectivity index (χ0n) is 14.9. The van der Waals surface area contributed by atoms with Gasteiger partial charge in [0.1, 0.15) is 11.4 Å². The van der Waals surface area contributed by atoms with E-state index in [1.54, 1.807) is 13.2 Å². The summed E-state index contributed by atoms with van der Waals surface area (Å²) in [4.78, 5) is 29.4. The Morgan fingerprint density at radius 2 is 1.96 bits per heavy atom. The fourth-order valence-corrected chi connectivity index (χ4v) is 2.48. The molecule has 0 fully saturated rings. The van der Waals surface area contributed by atoms with Crippen LogP contribution in [0, 0.1) is 0 Å². The Morgan fingerprint density at radius 1 is 1.25 bits per heavy atom. The van der Waals surface area contributed by atoms with Gasteiger partial charge in [-0.05, 0) is 45.9 Å². The first kappa shape index (κ1) is 17.8. The number of carbonyl (C=O) groups is 2. The van der Waals surface area contributed by atoms with Crippen molar-refractivity contribution >= 4 is 22.7 Å². The van der Waals surface area contributed by atoms with E-state index < -0.39 is 0 Å². The van der Waals surface area contributed by atoms with Crippen molar-refractivity contribution in [3.63, 3.8) is 0 Å². The van der Waals surface area contributed by atoms with E-state index in [1.165, 1.54) is 4.90 Å². The largest absolute Gasteiger partial charge is 0.497 e. The molecule has 6 nitrogen and oxygen atoms in total. The van der Waals surface area contributed by atoms with E-state index in [9.17, 15) is 9.59 Å². The number of aromatic nitrogens is 1. The van der Waals surface area contributed by atoms with E-state index in [4.69, 9.17) is 4.74 Å². The Morgan fingerprint density at radius 3 is 2.54 bits per heavy atom. The summed E-state index contributed by atoms with van der Waals surface area (Å²) in [5.41, 5.74) is 0.966. The molecule has 0 aliphatic rings. The molecule has 130 valence electrons. The van der Waals surface area contributed by atoms with Crippen LogP contribution in [0.5, 0.6) is 5.75 Å². The number of carbonyl (C=O) groups excluding carboxylic acids is 2. The molecular weight excluding hydrogens is 306 g/mol. The minimum Gasteiger partial charge on any atom is -0.497 e. The molecule has 0 bridgehead atoms. The molecule has 0 aliphatic heterocycles. The molecule has 1 aromatic heterocycles. The molecule has 0 atom stereocenters. The van der Waals surface area contributed by atoms with E-state index in [2.05, 4.69) is 10.3 Å². The van der Waals surface area contributed by atoms with Crippen molar-refractivity contribution in [2.24, 2.45) is 0 Å². The number of aromatic amines is 1. The van der Waals surface area contributed by atoms with Crippen LogP contribution in [-0.2, 0) is 4.79 Å². The molecule has 0 unspecified atom stereocenters. The van der Waals surface area contributed by atoms with Gasteiger partial charge in [-0.25, -0.2) is 0 Å². The van der Waals surface area contributed by atoms with Gasteiger partial charge in [-0.1, -0.05) is 0 Å². The van der Waals surface area contributed by atoms with Crippen LogP contribution in [0.1, 0.15) is 38.2 Å². The van der Waals surface area contributed by atoms with Gasteiger partial charge in [-0.3, -0.25) is 9.59 Å². The summed E-state index contributed by atoms with van der Waals surface area (Å²) < 4.78 is 5.19. The van der Waals surface area contributed by atoms with Gasteiger partial charge in [0.15, 0.2) is 0 Å². The van der Waals surface area contributed by atoms with E-state index in [0.717, 1.165) is 16.7 Å². The molecule has 6 heteroatoms. The fourth-order valence-electron chi connectivity index (χ4n) is 2.48.